The van der Waals surface area contributed by atoms with Crippen LogP contribution >= 0.6 is 0 Å². The third-order valence-electron chi connectivity index (χ3n) is 14.6. The van der Waals surface area contributed by atoms with Gasteiger partial charge in [-0.2, -0.15) is 0 Å². The number of para-hydroxylation sites is 2. The van der Waals surface area contributed by atoms with Crippen molar-refractivity contribution in [3.05, 3.63) is 212 Å². The molecule has 0 radical (unpaired) electrons. The van der Waals surface area contributed by atoms with E-state index in [-0.39, 0.29) is 6.85 Å². The summed E-state index contributed by atoms with van der Waals surface area (Å²) in [6, 6.07) is 76.4. The molecule has 2 aromatic heterocycles. The van der Waals surface area contributed by atoms with Crippen molar-refractivity contribution in [3.63, 3.8) is 0 Å². The average Bonchev–Trinajstić information content (AvgIpc) is 3.92. The summed E-state index contributed by atoms with van der Waals surface area (Å²) in [5.74, 6) is 0. The van der Waals surface area contributed by atoms with Gasteiger partial charge in [-0.3, -0.25) is 0 Å². The minimum atomic E-state index is -0.152. The first-order valence-electron chi connectivity index (χ1n) is 22.6. The first-order valence-corrected chi connectivity index (χ1v) is 22.6. The van der Waals surface area contributed by atoms with Crippen molar-refractivity contribution in [2.45, 2.75) is 6.92 Å². The van der Waals surface area contributed by atoms with E-state index < -0.39 is 0 Å². The minimum absolute atomic E-state index is 0.152. The third-order valence-corrected chi connectivity index (χ3v) is 14.6. The predicted octanol–water partition coefficient (Wildman–Crippen LogP) is 15.2. The lowest BCUT2D eigenvalue weighted by Crippen LogP contribution is -2.57. The van der Waals surface area contributed by atoms with Gasteiger partial charge in [0, 0.05) is 60.8 Å². The molecule has 300 valence electrons. The summed E-state index contributed by atoms with van der Waals surface area (Å²) in [4.78, 5) is 2.61. The van der Waals surface area contributed by atoms with Crippen molar-refractivity contribution in [2.75, 3.05) is 4.90 Å². The molecule has 0 saturated carbocycles. The molecule has 15 rings (SSSR count). The minimum Gasteiger partial charge on any atom is -0.455 e. The Hall–Kier alpha value is -8.34. The normalized spacial score (nSPS) is 12.9. The van der Waals surface area contributed by atoms with Gasteiger partial charge in [-0.25, -0.2) is 0 Å². The molecule has 0 spiro atoms. The quantitative estimate of drug-likeness (QED) is 0.131. The van der Waals surface area contributed by atoms with Crippen LogP contribution in [0, 0.1) is 6.92 Å². The van der Waals surface area contributed by atoms with Crippen LogP contribution in [-0.2, 0) is 0 Å². The molecule has 4 heterocycles. The lowest BCUT2D eigenvalue weighted by Gasteiger charge is -2.42. The fourth-order valence-electron chi connectivity index (χ4n) is 11.9. The molecule has 0 saturated heterocycles. The summed E-state index contributed by atoms with van der Waals surface area (Å²) >= 11 is 0. The summed E-state index contributed by atoms with van der Waals surface area (Å²) in [7, 11) is 0. The highest BCUT2D eigenvalue weighted by Gasteiger charge is 2.45. The third kappa shape index (κ3) is 4.75. The Kier molecular flexibility index (Phi) is 6.96. The average molecular weight is 825 g/mol. The van der Waals surface area contributed by atoms with Gasteiger partial charge in [-0.1, -0.05) is 152 Å². The summed E-state index contributed by atoms with van der Waals surface area (Å²) in [5.41, 5.74) is 18.8. The second-order valence-corrected chi connectivity index (χ2v) is 18.0. The van der Waals surface area contributed by atoms with Crippen molar-refractivity contribution < 1.29 is 4.42 Å². The lowest BCUT2D eigenvalue weighted by molar-refractivity contribution is 0.670. The summed E-state index contributed by atoms with van der Waals surface area (Å²) in [6.07, 6.45) is 0. The Labute approximate surface area is 375 Å². The van der Waals surface area contributed by atoms with E-state index in [1.165, 1.54) is 115 Å². The molecule has 0 amide bonds. The van der Waals surface area contributed by atoms with E-state index in [4.69, 9.17) is 4.42 Å². The maximum atomic E-state index is 7.15. The van der Waals surface area contributed by atoms with Crippen LogP contribution in [0.1, 0.15) is 5.56 Å². The maximum Gasteiger partial charge on any atom is 0.333 e. The maximum absolute atomic E-state index is 7.15. The largest absolute Gasteiger partial charge is 0.455 e. The zero-order valence-electron chi connectivity index (χ0n) is 35.5. The molecule has 3 nitrogen and oxygen atoms in total. The number of hydrogen-bond donors (Lipinski definition) is 0. The van der Waals surface area contributed by atoms with Crippen molar-refractivity contribution >= 4 is 111 Å². The predicted molar refractivity (Wildman–Crippen MR) is 275 cm³/mol. The van der Waals surface area contributed by atoms with Gasteiger partial charge < -0.3 is 13.8 Å². The Morgan fingerprint density at radius 3 is 1.85 bits per heavy atom. The molecule has 2 aliphatic heterocycles. The van der Waals surface area contributed by atoms with Crippen LogP contribution in [-0.4, -0.2) is 11.3 Å². The summed E-state index contributed by atoms with van der Waals surface area (Å²) < 4.78 is 9.84. The van der Waals surface area contributed by atoms with E-state index in [9.17, 15) is 0 Å². The van der Waals surface area contributed by atoms with Gasteiger partial charge in [0.2, 0.25) is 0 Å². The Balaban J connectivity index is 1.17. The van der Waals surface area contributed by atoms with E-state index in [1.54, 1.807) is 0 Å². The molecule has 0 unspecified atom stereocenters. The van der Waals surface area contributed by atoms with Crippen molar-refractivity contribution in [2.24, 2.45) is 0 Å². The highest BCUT2D eigenvalue weighted by molar-refractivity contribution is 6.90. The first-order chi connectivity index (χ1) is 32.2. The summed E-state index contributed by atoms with van der Waals surface area (Å²) in [5, 5.41) is 12.3. The van der Waals surface area contributed by atoms with Crippen LogP contribution in [0.4, 0.5) is 17.1 Å². The highest BCUT2D eigenvalue weighted by Crippen LogP contribution is 2.52. The topological polar surface area (TPSA) is 21.3 Å². The number of fused-ring (bicyclic) bond motifs is 15. The molecule has 0 fully saturated rings. The second kappa shape index (κ2) is 12.9. The SMILES string of the molecule is Cc1c2c(cc3cc4ccccc4cc13)B1c3c(cc4c(oc5ccccc54)c3-c3cc4ccccc4c4c5ccccc5n1c34)N2c1cc(-c2ccccc2)cc(-c2ccccc2)c1. The second-order valence-electron chi connectivity index (χ2n) is 18.0. The smallest absolute Gasteiger partial charge is 0.333 e. The summed E-state index contributed by atoms with van der Waals surface area (Å²) in [6.45, 7) is 2.20. The van der Waals surface area contributed by atoms with E-state index in [0.29, 0.717) is 0 Å². The molecule has 0 atom stereocenters. The van der Waals surface area contributed by atoms with Crippen LogP contribution in [0.25, 0.3) is 109 Å². The highest BCUT2D eigenvalue weighted by atomic mass is 16.3. The van der Waals surface area contributed by atoms with Gasteiger partial charge >= 0.3 is 6.85 Å². The lowest BCUT2D eigenvalue weighted by atomic mass is 9.44. The van der Waals surface area contributed by atoms with Gasteiger partial charge in [-0.05, 0) is 133 Å². The number of furan rings is 1. The van der Waals surface area contributed by atoms with E-state index >= 15 is 0 Å². The first kappa shape index (κ1) is 35.2. The van der Waals surface area contributed by atoms with Crippen LogP contribution in [0.2, 0.25) is 0 Å². The molecular weight excluding hydrogens is 787 g/mol. The van der Waals surface area contributed by atoms with Crippen LogP contribution < -0.4 is 15.8 Å². The van der Waals surface area contributed by atoms with Crippen LogP contribution in [0.3, 0.4) is 0 Å². The van der Waals surface area contributed by atoms with Gasteiger partial charge in [-0.15, -0.1) is 0 Å². The molecular formula is C61H37BN2O. The zero-order valence-corrected chi connectivity index (χ0v) is 35.5. The Morgan fingerprint density at radius 1 is 0.462 bits per heavy atom. The Morgan fingerprint density at radius 2 is 1.09 bits per heavy atom. The number of benzene rings is 11. The van der Waals surface area contributed by atoms with Gasteiger partial charge in [0.25, 0.3) is 0 Å². The van der Waals surface area contributed by atoms with E-state index in [1.807, 2.05) is 0 Å². The van der Waals surface area contributed by atoms with Crippen molar-refractivity contribution in [1.29, 1.82) is 0 Å². The molecule has 4 heteroatoms. The van der Waals surface area contributed by atoms with Crippen LogP contribution in [0.5, 0.6) is 0 Å². The van der Waals surface area contributed by atoms with Gasteiger partial charge in [0.1, 0.15) is 11.2 Å². The molecule has 0 bridgehead atoms. The molecule has 65 heavy (non-hydrogen) atoms. The number of anilines is 3. The fraction of sp³-hybridized carbons (Fsp3) is 0.0164. The van der Waals surface area contributed by atoms with Crippen LogP contribution in [0.15, 0.2) is 211 Å². The number of nitrogens with zero attached hydrogens (tertiary/aromatic N) is 2. The molecule has 0 N–H and O–H groups in total. The monoisotopic (exact) mass is 824 g/mol. The molecule has 11 aromatic carbocycles. The number of aromatic nitrogens is 1. The number of aryl methyl sites for hydroxylation is 1. The molecule has 0 aliphatic carbocycles. The zero-order chi connectivity index (χ0) is 42.5. The standard InChI is InChI=1S/C61H37BN2O/c1-36-49-32-40-21-9-8-20-39(40)28-44(49)34-52-59(36)63(45-30-42(37-16-4-2-5-17-37)29-43(31-45)38-18-6-3-7-19-38)54-35-50-47-24-13-15-27-55(47)65-61(50)57-51-33-41-22-10-11-23-46(41)56-48-25-12-14-26-53(48)64(60(51)56)62(52)58(54)57/h2-35H,1H3. The van der Waals surface area contributed by atoms with Crippen molar-refractivity contribution in [3.8, 4) is 33.4 Å². The molecule has 2 aliphatic rings. The Bertz CT molecular complexity index is 4140. The van der Waals surface area contributed by atoms with E-state index in [2.05, 4.69) is 223 Å². The van der Waals surface area contributed by atoms with Crippen molar-refractivity contribution in [1.82, 2.24) is 4.48 Å². The number of rotatable bonds is 3. The van der Waals surface area contributed by atoms with Gasteiger partial charge in [0.05, 0.1) is 0 Å². The molecule has 13 aromatic rings. The van der Waals surface area contributed by atoms with Gasteiger partial charge in [0.15, 0.2) is 0 Å². The van der Waals surface area contributed by atoms with E-state index in [0.717, 1.165) is 27.6 Å². The number of hydrogen-bond acceptors (Lipinski definition) is 2. The fourth-order valence-corrected chi connectivity index (χ4v) is 11.9.